The zero-order valence-electron chi connectivity index (χ0n) is 12.1. The van der Waals surface area contributed by atoms with Gasteiger partial charge >= 0.3 is 5.97 Å². The first-order valence-electron chi connectivity index (χ1n) is 7.11. The van der Waals surface area contributed by atoms with Gasteiger partial charge < -0.3 is 10.1 Å². The summed E-state index contributed by atoms with van der Waals surface area (Å²) in [5, 5.41) is 2.96. The van der Waals surface area contributed by atoms with E-state index in [0.717, 1.165) is 32.2 Å². The average Bonchev–Trinajstić information content (AvgIpc) is 2.92. The SMILES string of the molecule is CC(C)(C)OC(=O)[C@@H]1CCCN1CC(=O)NC1CC1. The van der Waals surface area contributed by atoms with Gasteiger partial charge in [-0.2, -0.15) is 0 Å². The van der Waals surface area contributed by atoms with Gasteiger partial charge in [0.1, 0.15) is 11.6 Å². The zero-order chi connectivity index (χ0) is 14.0. The predicted molar refractivity (Wildman–Crippen MR) is 71.6 cm³/mol. The molecule has 0 aromatic rings. The second kappa shape index (κ2) is 5.49. The van der Waals surface area contributed by atoms with Gasteiger partial charge in [-0.1, -0.05) is 0 Å². The summed E-state index contributed by atoms with van der Waals surface area (Å²) in [5.41, 5.74) is -0.471. The largest absolute Gasteiger partial charge is 0.459 e. The van der Waals surface area contributed by atoms with Crippen molar-refractivity contribution in [3.05, 3.63) is 0 Å². The number of hydrogen-bond acceptors (Lipinski definition) is 4. The minimum Gasteiger partial charge on any atom is -0.459 e. The Bertz CT molecular complexity index is 358. The summed E-state index contributed by atoms with van der Waals surface area (Å²) < 4.78 is 5.41. The lowest BCUT2D eigenvalue weighted by atomic mass is 10.1. The quantitative estimate of drug-likeness (QED) is 0.775. The van der Waals surface area contributed by atoms with Crippen molar-refractivity contribution in [1.82, 2.24) is 10.2 Å². The predicted octanol–water partition coefficient (Wildman–Crippen LogP) is 1.07. The molecule has 1 N–H and O–H groups in total. The normalized spacial score (nSPS) is 24.3. The molecule has 1 atom stereocenters. The van der Waals surface area contributed by atoms with Crippen LogP contribution in [-0.4, -0.2) is 47.6 Å². The smallest absolute Gasteiger partial charge is 0.323 e. The summed E-state index contributed by atoms with van der Waals surface area (Å²) in [4.78, 5) is 25.8. The molecule has 1 aliphatic heterocycles. The molecule has 1 saturated carbocycles. The van der Waals surface area contributed by atoms with Gasteiger partial charge in [-0.05, 0) is 53.0 Å². The number of carbonyl (C=O) groups is 2. The second-order valence-corrected chi connectivity index (χ2v) is 6.50. The number of carbonyl (C=O) groups excluding carboxylic acids is 2. The van der Waals surface area contributed by atoms with Gasteiger partial charge in [-0.3, -0.25) is 14.5 Å². The summed E-state index contributed by atoms with van der Waals surface area (Å²) in [6.07, 6.45) is 3.90. The molecular weight excluding hydrogens is 244 g/mol. The summed E-state index contributed by atoms with van der Waals surface area (Å²) in [6, 6.07) is 0.110. The van der Waals surface area contributed by atoms with E-state index >= 15 is 0 Å². The van der Waals surface area contributed by atoms with Crippen LogP contribution in [0, 0.1) is 0 Å². The molecule has 0 bridgehead atoms. The molecule has 0 spiro atoms. The highest BCUT2D eigenvalue weighted by Gasteiger charge is 2.35. The molecule has 2 rings (SSSR count). The number of likely N-dealkylation sites (tertiary alicyclic amines) is 1. The third-order valence-electron chi connectivity index (χ3n) is 3.33. The van der Waals surface area contributed by atoms with Crippen LogP contribution in [0.5, 0.6) is 0 Å². The van der Waals surface area contributed by atoms with Crippen molar-refractivity contribution in [2.75, 3.05) is 13.1 Å². The first kappa shape index (κ1) is 14.3. The van der Waals surface area contributed by atoms with Crippen LogP contribution in [0.3, 0.4) is 0 Å². The Hall–Kier alpha value is -1.10. The Morgan fingerprint density at radius 1 is 1.26 bits per heavy atom. The topological polar surface area (TPSA) is 58.6 Å². The van der Waals surface area contributed by atoms with Crippen LogP contribution in [0.2, 0.25) is 0 Å². The number of esters is 1. The minimum atomic E-state index is -0.471. The third-order valence-corrected chi connectivity index (χ3v) is 3.33. The van der Waals surface area contributed by atoms with Gasteiger partial charge in [0, 0.05) is 6.04 Å². The van der Waals surface area contributed by atoms with E-state index in [1.54, 1.807) is 0 Å². The molecule has 108 valence electrons. The van der Waals surface area contributed by atoms with Gasteiger partial charge in [-0.25, -0.2) is 0 Å². The highest BCUT2D eigenvalue weighted by Crippen LogP contribution is 2.22. The molecule has 1 heterocycles. The first-order valence-corrected chi connectivity index (χ1v) is 7.11. The van der Waals surface area contributed by atoms with E-state index in [1.807, 2.05) is 25.7 Å². The maximum absolute atomic E-state index is 12.1. The van der Waals surface area contributed by atoms with E-state index in [0.29, 0.717) is 12.6 Å². The summed E-state index contributed by atoms with van der Waals surface area (Å²) in [7, 11) is 0. The van der Waals surface area contributed by atoms with Crippen molar-refractivity contribution in [2.24, 2.45) is 0 Å². The Balaban J connectivity index is 1.85. The molecule has 0 unspecified atom stereocenters. The first-order chi connectivity index (χ1) is 8.85. The van der Waals surface area contributed by atoms with Crippen LogP contribution in [0.1, 0.15) is 46.5 Å². The molecule has 5 heteroatoms. The van der Waals surface area contributed by atoms with Crippen molar-refractivity contribution < 1.29 is 14.3 Å². The molecule has 0 radical (unpaired) electrons. The zero-order valence-corrected chi connectivity index (χ0v) is 12.1. The monoisotopic (exact) mass is 268 g/mol. The van der Waals surface area contributed by atoms with E-state index in [1.165, 1.54) is 0 Å². The minimum absolute atomic E-state index is 0.0259. The number of nitrogens with zero attached hydrogens (tertiary/aromatic N) is 1. The fourth-order valence-corrected chi connectivity index (χ4v) is 2.34. The molecule has 0 aromatic carbocycles. The molecule has 1 amide bonds. The van der Waals surface area contributed by atoms with Gasteiger partial charge in [-0.15, -0.1) is 0 Å². The molecule has 2 fully saturated rings. The number of nitrogens with one attached hydrogen (secondary N) is 1. The molecule has 5 nitrogen and oxygen atoms in total. The lowest BCUT2D eigenvalue weighted by Gasteiger charge is -2.26. The highest BCUT2D eigenvalue weighted by molar-refractivity contribution is 5.81. The van der Waals surface area contributed by atoms with E-state index in [9.17, 15) is 9.59 Å². The summed E-state index contributed by atoms with van der Waals surface area (Å²) >= 11 is 0. The molecule has 2 aliphatic rings. The number of ether oxygens (including phenoxy) is 1. The van der Waals surface area contributed by atoms with E-state index < -0.39 is 5.60 Å². The van der Waals surface area contributed by atoms with Crippen LogP contribution in [0.4, 0.5) is 0 Å². The molecular formula is C14H24N2O3. The average molecular weight is 268 g/mol. The number of hydrogen-bond donors (Lipinski definition) is 1. The highest BCUT2D eigenvalue weighted by atomic mass is 16.6. The Morgan fingerprint density at radius 3 is 2.53 bits per heavy atom. The maximum atomic E-state index is 12.1. The summed E-state index contributed by atoms with van der Waals surface area (Å²) in [5.74, 6) is -0.179. The molecule has 1 aliphatic carbocycles. The van der Waals surface area contributed by atoms with Gasteiger partial charge in [0.05, 0.1) is 6.54 Å². The fourth-order valence-electron chi connectivity index (χ4n) is 2.34. The number of amides is 1. The standard InChI is InChI=1S/C14H24N2O3/c1-14(2,3)19-13(18)11-5-4-8-16(11)9-12(17)15-10-6-7-10/h10-11H,4-9H2,1-3H3,(H,15,17)/t11-/m0/s1. The van der Waals surface area contributed by atoms with Crippen molar-refractivity contribution in [3.8, 4) is 0 Å². The third kappa shape index (κ3) is 4.49. The van der Waals surface area contributed by atoms with E-state index in [-0.39, 0.29) is 17.9 Å². The lowest BCUT2D eigenvalue weighted by molar-refractivity contribution is -0.160. The lowest BCUT2D eigenvalue weighted by Crippen LogP contribution is -2.45. The van der Waals surface area contributed by atoms with Crippen molar-refractivity contribution in [2.45, 2.75) is 64.1 Å². The van der Waals surface area contributed by atoms with Crippen molar-refractivity contribution in [3.63, 3.8) is 0 Å². The van der Waals surface area contributed by atoms with Crippen molar-refractivity contribution in [1.29, 1.82) is 0 Å². The van der Waals surface area contributed by atoms with Gasteiger partial charge in [0.15, 0.2) is 0 Å². The van der Waals surface area contributed by atoms with Crippen LogP contribution in [0.25, 0.3) is 0 Å². The molecule has 1 saturated heterocycles. The number of rotatable bonds is 4. The van der Waals surface area contributed by atoms with E-state index in [4.69, 9.17) is 4.74 Å². The molecule has 19 heavy (non-hydrogen) atoms. The van der Waals surface area contributed by atoms with E-state index in [2.05, 4.69) is 5.32 Å². The fraction of sp³-hybridized carbons (Fsp3) is 0.857. The van der Waals surface area contributed by atoms with Crippen LogP contribution in [-0.2, 0) is 14.3 Å². The van der Waals surface area contributed by atoms with Crippen LogP contribution < -0.4 is 5.32 Å². The van der Waals surface area contributed by atoms with Gasteiger partial charge in [0.2, 0.25) is 5.91 Å². The van der Waals surface area contributed by atoms with Crippen LogP contribution >= 0.6 is 0 Å². The van der Waals surface area contributed by atoms with Crippen molar-refractivity contribution >= 4 is 11.9 Å². The maximum Gasteiger partial charge on any atom is 0.323 e. The molecule has 0 aromatic heterocycles. The second-order valence-electron chi connectivity index (χ2n) is 6.50. The summed E-state index contributed by atoms with van der Waals surface area (Å²) in [6.45, 7) is 6.69. The Labute approximate surface area is 114 Å². The van der Waals surface area contributed by atoms with Crippen LogP contribution in [0.15, 0.2) is 0 Å². The van der Waals surface area contributed by atoms with Gasteiger partial charge in [0.25, 0.3) is 0 Å². The Kier molecular flexibility index (Phi) is 4.13. The Morgan fingerprint density at radius 2 is 1.95 bits per heavy atom.